The molecule has 6 nitrogen and oxygen atoms in total. The normalized spacial score (nSPS) is 15.2. The molecule has 6 heteroatoms. The Labute approximate surface area is 121 Å². The highest BCUT2D eigenvalue weighted by Crippen LogP contribution is 2.17. The largest absolute Gasteiger partial charge is 0.463 e. The molecule has 0 unspecified atom stereocenters. The lowest BCUT2D eigenvalue weighted by molar-refractivity contribution is -0.122. The van der Waals surface area contributed by atoms with E-state index in [9.17, 15) is 9.59 Å². The van der Waals surface area contributed by atoms with Gasteiger partial charge >= 0.3 is 0 Å². The van der Waals surface area contributed by atoms with Gasteiger partial charge < -0.3 is 9.73 Å². The summed E-state index contributed by atoms with van der Waals surface area (Å²) in [4.78, 5) is 23.8. The van der Waals surface area contributed by atoms with Gasteiger partial charge in [0.05, 0.1) is 6.26 Å². The summed E-state index contributed by atoms with van der Waals surface area (Å²) in [6, 6.07) is 6.73. The molecular weight excluding hydrogens is 270 g/mol. The van der Waals surface area contributed by atoms with Crippen LogP contribution in [0.1, 0.15) is 25.7 Å². The Morgan fingerprint density at radius 1 is 1.33 bits per heavy atom. The van der Waals surface area contributed by atoms with Gasteiger partial charge in [0.1, 0.15) is 12.2 Å². The summed E-state index contributed by atoms with van der Waals surface area (Å²) in [5.74, 6) is 0.396. The Balaban J connectivity index is 1.73. The number of amides is 1. The highest BCUT2D eigenvalue weighted by Gasteiger charge is 2.17. The van der Waals surface area contributed by atoms with E-state index in [0.29, 0.717) is 11.5 Å². The lowest BCUT2D eigenvalue weighted by Crippen LogP contribution is -2.38. The number of carbonyl (C=O) groups excluding carboxylic acids is 1. The molecule has 1 aliphatic rings. The molecule has 0 spiro atoms. The first kappa shape index (κ1) is 13.6. The average molecular weight is 287 g/mol. The van der Waals surface area contributed by atoms with Crippen molar-refractivity contribution in [2.24, 2.45) is 0 Å². The third-order valence-corrected chi connectivity index (χ3v) is 3.65. The first-order valence-corrected chi connectivity index (χ1v) is 7.14. The van der Waals surface area contributed by atoms with E-state index in [2.05, 4.69) is 10.4 Å². The number of hydrogen-bond acceptors (Lipinski definition) is 4. The quantitative estimate of drug-likeness (QED) is 0.925. The molecule has 2 aromatic heterocycles. The number of nitrogens with zero attached hydrogens (tertiary/aromatic N) is 2. The molecule has 1 amide bonds. The van der Waals surface area contributed by atoms with Crippen molar-refractivity contribution in [2.45, 2.75) is 38.3 Å². The molecule has 21 heavy (non-hydrogen) atoms. The molecular formula is C15H17N3O3. The fourth-order valence-electron chi connectivity index (χ4n) is 2.60. The van der Waals surface area contributed by atoms with Crippen molar-refractivity contribution in [2.75, 3.05) is 0 Å². The zero-order valence-electron chi connectivity index (χ0n) is 11.6. The van der Waals surface area contributed by atoms with Gasteiger partial charge in [0.25, 0.3) is 5.56 Å². The molecule has 0 atom stereocenters. The van der Waals surface area contributed by atoms with Crippen molar-refractivity contribution < 1.29 is 9.21 Å². The third kappa shape index (κ3) is 3.21. The second kappa shape index (κ2) is 5.95. The predicted molar refractivity (Wildman–Crippen MR) is 76.6 cm³/mol. The molecule has 0 radical (unpaired) electrons. The maximum absolute atomic E-state index is 12.0. The minimum absolute atomic E-state index is 0.0656. The number of hydrogen-bond donors (Lipinski definition) is 1. The highest BCUT2D eigenvalue weighted by atomic mass is 16.3. The van der Waals surface area contributed by atoms with Crippen molar-refractivity contribution in [1.82, 2.24) is 15.1 Å². The van der Waals surface area contributed by atoms with E-state index in [4.69, 9.17) is 4.42 Å². The van der Waals surface area contributed by atoms with Gasteiger partial charge in [-0.05, 0) is 31.0 Å². The van der Waals surface area contributed by atoms with Crippen LogP contribution in [0.15, 0.2) is 39.7 Å². The van der Waals surface area contributed by atoms with E-state index in [1.165, 1.54) is 10.7 Å². The zero-order chi connectivity index (χ0) is 14.7. The van der Waals surface area contributed by atoms with Crippen LogP contribution in [0.3, 0.4) is 0 Å². The first-order chi connectivity index (χ1) is 10.2. The summed E-state index contributed by atoms with van der Waals surface area (Å²) in [6.07, 6.45) is 5.87. The van der Waals surface area contributed by atoms with E-state index >= 15 is 0 Å². The van der Waals surface area contributed by atoms with E-state index in [-0.39, 0.29) is 24.1 Å². The van der Waals surface area contributed by atoms with Crippen LogP contribution in [0.2, 0.25) is 0 Å². The van der Waals surface area contributed by atoms with Gasteiger partial charge in [-0.2, -0.15) is 5.10 Å². The Bertz CT molecular complexity index is 670. The van der Waals surface area contributed by atoms with Gasteiger partial charge in [0.2, 0.25) is 5.91 Å². The maximum atomic E-state index is 12.0. The molecule has 110 valence electrons. The molecule has 2 aromatic rings. The lowest BCUT2D eigenvalue weighted by Gasteiger charge is -2.12. The predicted octanol–water partition coefficient (Wildman–Crippen LogP) is 1.56. The van der Waals surface area contributed by atoms with Crippen molar-refractivity contribution >= 4 is 5.91 Å². The van der Waals surface area contributed by atoms with Crippen LogP contribution in [0.5, 0.6) is 0 Å². The van der Waals surface area contributed by atoms with Gasteiger partial charge in [-0.25, -0.2) is 4.68 Å². The fraction of sp³-hybridized carbons (Fsp3) is 0.400. The van der Waals surface area contributed by atoms with Gasteiger partial charge in [-0.15, -0.1) is 0 Å². The van der Waals surface area contributed by atoms with Gasteiger partial charge in [0.15, 0.2) is 5.76 Å². The summed E-state index contributed by atoms with van der Waals surface area (Å²) in [5, 5.41) is 7.13. The van der Waals surface area contributed by atoms with Gasteiger partial charge in [0, 0.05) is 12.1 Å². The zero-order valence-corrected chi connectivity index (χ0v) is 11.6. The van der Waals surface area contributed by atoms with Crippen molar-refractivity contribution in [3.63, 3.8) is 0 Å². The maximum Gasteiger partial charge on any atom is 0.267 e. The summed E-state index contributed by atoms with van der Waals surface area (Å²) in [5.41, 5.74) is 0.236. The molecule has 1 aliphatic carbocycles. The van der Waals surface area contributed by atoms with Crippen LogP contribution in [-0.4, -0.2) is 21.7 Å². The second-order valence-electron chi connectivity index (χ2n) is 5.24. The second-order valence-corrected chi connectivity index (χ2v) is 5.24. The van der Waals surface area contributed by atoms with Crippen LogP contribution in [-0.2, 0) is 11.3 Å². The van der Waals surface area contributed by atoms with Crippen molar-refractivity contribution in [3.8, 4) is 11.5 Å². The topological polar surface area (TPSA) is 77.1 Å². The van der Waals surface area contributed by atoms with Crippen molar-refractivity contribution in [3.05, 3.63) is 40.9 Å². The highest BCUT2D eigenvalue weighted by molar-refractivity contribution is 5.76. The van der Waals surface area contributed by atoms with Gasteiger partial charge in [-0.3, -0.25) is 9.59 Å². The number of rotatable bonds is 4. The molecule has 1 saturated carbocycles. The monoisotopic (exact) mass is 287 g/mol. The minimum atomic E-state index is -0.299. The molecule has 0 aliphatic heterocycles. The molecule has 0 aromatic carbocycles. The Morgan fingerprint density at radius 2 is 2.14 bits per heavy atom. The van der Waals surface area contributed by atoms with Crippen LogP contribution in [0.25, 0.3) is 11.5 Å². The Morgan fingerprint density at radius 3 is 2.86 bits per heavy atom. The van der Waals surface area contributed by atoms with Gasteiger partial charge in [-0.1, -0.05) is 12.8 Å². The number of furan rings is 1. The average Bonchev–Trinajstić information content (AvgIpc) is 3.14. The van der Waals surface area contributed by atoms with Crippen molar-refractivity contribution in [1.29, 1.82) is 0 Å². The summed E-state index contributed by atoms with van der Waals surface area (Å²) >= 11 is 0. The molecule has 0 bridgehead atoms. The number of carbonyl (C=O) groups is 1. The standard InChI is InChI=1S/C15H17N3O3/c19-14(16-11-4-1-2-5-11)10-18-15(20)8-7-12(17-18)13-6-3-9-21-13/h3,6-9,11H,1-2,4-5,10H2,(H,16,19). The fourth-order valence-corrected chi connectivity index (χ4v) is 2.60. The van der Waals surface area contributed by atoms with E-state index in [1.807, 2.05) is 0 Å². The van der Waals surface area contributed by atoms with Crippen LogP contribution >= 0.6 is 0 Å². The van der Waals surface area contributed by atoms with Crippen LogP contribution < -0.4 is 10.9 Å². The number of nitrogens with one attached hydrogen (secondary N) is 1. The third-order valence-electron chi connectivity index (χ3n) is 3.65. The summed E-state index contributed by atoms with van der Waals surface area (Å²) in [6.45, 7) is -0.0656. The van der Waals surface area contributed by atoms with E-state index in [1.54, 1.807) is 24.5 Å². The lowest BCUT2D eigenvalue weighted by atomic mass is 10.2. The molecule has 0 saturated heterocycles. The summed E-state index contributed by atoms with van der Waals surface area (Å²) in [7, 11) is 0. The minimum Gasteiger partial charge on any atom is -0.463 e. The Kier molecular flexibility index (Phi) is 3.85. The first-order valence-electron chi connectivity index (χ1n) is 7.14. The Hall–Kier alpha value is -2.37. The molecule has 1 N–H and O–H groups in total. The van der Waals surface area contributed by atoms with Crippen LogP contribution in [0.4, 0.5) is 0 Å². The molecule has 3 rings (SSSR count). The molecule has 2 heterocycles. The SMILES string of the molecule is O=C(Cn1nc(-c2ccco2)ccc1=O)NC1CCCC1. The molecule has 1 fully saturated rings. The van der Waals surface area contributed by atoms with Crippen LogP contribution in [0, 0.1) is 0 Å². The van der Waals surface area contributed by atoms with E-state index in [0.717, 1.165) is 25.7 Å². The summed E-state index contributed by atoms with van der Waals surface area (Å²) < 4.78 is 6.42. The van der Waals surface area contributed by atoms with E-state index < -0.39 is 0 Å². The smallest absolute Gasteiger partial charge is 0.267 e. The number of aromatic nitrogens is 2.